The lowest BCUT2D eigenvalue weighted by atomic mass is 10.0. The van der Waals surface area contributed by atoms with Gasteiger partial charge >= 0.3 is 0 Å². The van der Waals surface area contributed by atoms with Crippen molar-refractivity contribution in [2.45, 2.75) is 19.0 Å². The first kappa shape index (κ1) is 12.3. The number of thioether (sulfide) groups is 1. The van der Waals surface area contributed by atoms with Gasteiger partial charge in [-0.3, -0.25) is 0 Å². The Labute approximate surface area is 91.4 Å². The van der Waals surface area contributed by atoms with E-state index >= 15 is 0 Å². The van der Waals surface area contributed by atoms with Crippen molar-refractivity contribution in [3.63, 3.8) is 0 Å². The highest BCUT2D eigenvalue weighted by molar-refractivity contribution is 7.98. The second kappa shape index (κ2) is 5.95. The van der Waals surface area contributed by atoms with Crippen LogP contribution in [0, 0.1) is 5.92 Å². The summed E-state index contributed by atoms with van der Waals surface area (Å²) in [6, 6.07) is 0.858. The summed E-state index contributed by atoms with van der Waals surface area (Å²) < 4.78 is 5.35. The van der Waals surface area contributed by atoms with Gasteiger partial charge in [0.1, 0.15) is 0 Å². The van der Waals surface area contributed by atoms with Gasteiger partial charge in [-0.15, -0.1) is 0 Å². The number of ether oxygens (including phenoxy) is 1. The summed E-state index contributed by atoms with van der Waals surface area (Å²) in [5.74, 6) is 1.70. The molecule has 1 aliphatic rings. The van der Waals surface area contributed by atoms with Gasteiger partial charge in [0.15, 0.2) is 0 Å². The number of nitrogens with zero attached hydrogens (tertiary/aromatic N) is 1. The molecule has 1 fully saturated rings. The summed E-state index contributed by atoms with van der Waals surface area (Å²) in [4.78, 5) is 2.38. The Morgan fingerprint density at radius 3 is 2.79 bits per heavy atom. The molecule has 3 atom stereocenters. The second-order valence-corrected chi connectivity index (χ2v) is 5.12. The monoisotopic (exact) mass is 218 g/mol. The van der Waals surface area contributed by atoms with Gasteiger partial charge < -0.3 is 15.4 Å². The van der Waals surface area contributed by atoms with Crippen LogP contribution >= 0.6 is 11.8 Å². The van der Waals surface area contributed by atoms with Crippen molar-refractivity contribution in [3.8, 4) is 0 Å². The number of hydrogen-bond acceptors (Lipinski definition) is 4. The zero-order valence-corrected chi connectivity index (χ0v) is 10.2. The van der Waals surface area contributed by atoms with E-state index < -0.39 is 0 Å². The third-order valence-corrected chi connectivity index (χ3v) is 3.75. The molecule has 0 bridgehead atoms. The first-order chi connectivity index (χ1) is 6.65. The third kappa shape index (κ3) is 3.42. The van der Waals surface area contributed by atoms with Gasteiger partial charge in [0, 0.05) is 30.3 Å². The van der Waals surface area contributed by atoms with Gasteiger partial charge in [0.05, 0.1) is 13.2 Å². The van der Waals surface area contributed by atoms with Gasteiger partial charge in [-0.2, -0.15) is 11.8 Å². The fourth-order valence-corrected chi connectivity index (χ4v) is 2.46. The van der Waals surface area contributed by atoms with E-state index in [1.807, 2.05) is 11.8 Å². The predicted octanol–water partition coefficient (Wildman–Crippen LogP) is 0.643. The molecule has 0 radical (unpaired) electrons. The average Bonchev–Trinajstić information content (AvgIpc) is 2.52. The van der Waals surface area contributed by atoms with Crippen molar-refractivity contribution >= 4 is 11.8 Å². The summed E-state index contributed by atoms with van der Waals surface area (Å²) in [6.07, 6.45) is 2.15. The van der Waals surface area contributed by atoms with Crippen molar-refractivity contribution in [2.75, 3.05) is 38.8 Å². The van der Waals surface area contributed by atoms with Gasteiger partial charge in [0.25, 0.3) is 0 Å². The molecule has 1 saturated heterocycles. The first-order valence-corrected chi connectivity index (χ1v) is 6.57. The highest BCUT2D eigenvalue weighted by atomic mass is 32.2. The SMILES string of the molecule is CSCC(C)N(C)CC1COCC1N. The van der Waals surface area contributed by atoms with Crippen LogP contribution in [0.3, 0.4) is 0 Å². The fourth-order valence-electron chi connectivity index (χ4n) is 1.72. The maximum Gasteiger partial charge on any atom is 0.0621 e. The van der Waals surface area contributed by atoms with E-state index in [0.29, 0.717) is 12.0 Å². The average molecular weight is 218 g/mol. The molecule has 1 rings (SSSR count). The maximum absolute atomic E-state index is 5.94. The molecule has 3 unspecified atom stereocenters. The van der Waals surface area contributed by atoms with Crippen LogP contribution in [0.4, 0.5) is 0 Å². The summed E-state index contributed by atoms with van der Waals surface area (Å²) in [6.45, 7) is 4.88. The molecule has 0 aromatic heterocycles. The van der Waals surface area contributed by atoms with E-state index in [1.54, 1.807) is 0 Å². The molecule has 84 valence electrons. The summed E-state index contributed by atoms with van der Waals surface area (Å²) in [7, 11) is 2.17. The van der Waals surface area contributed by atoms with Crippen molar-refractivity contribution in [2.24, 2.45) is 11.7 Å². The maximum atomic E-state index is 5.94. The number of hydrogen-bond donors (Lipinski definition) is 1. The van der Waals surface area contributed by atoms with Gasteiger partial charge in [-0.05, 0) is 20.2 Å². The van der Waals surface area contributed by atoms with E-state index in [2.05, 4.69) is 25.1 Å². The zero-order valence-electron chi connectivity index (χ0n) is 9.40. The lowest BCUT2D eigenvalue weighted by Crippen LogP contribution is -2.41. The lowest BCUT2D eigenvalue weighted by Gasteiger charge is -2.27. The van der Waals surface area contributed by atoms with Crippen LogP contribution < -0.4 is 5.73 Å². The number of nitrogens with two attached hydrogens (primary N) is 1. The molecule has 0 spiro atoms. The molecule has 0 aliphatic carbocycles. The Morgan fingerprint density at radius 2 is 2.29 bits per heavy atom. The molecule has 4 heteroatoms. The molecule has 1 aliphatic heterocycles. The normalized spacial score (nSPS) is 29.8. The highest BCUT2D eigenvalue weighted by Gasteiger charge is 2.26. The second-order valence-electron chi connectivity index (χ2n) is 4.21. The van der Waals surface area contributed by atoms with Crippen LogP contribution in [0.25, 0.3) is 0 Å². The Hall–Kier alpha value is 0.230. The largest absolute Gasteiger partial charge is 0.379 e. The van der Waals surface area contributed by atoms with Crippen LogP contribution in [0.5, 0.6) is 0 Å². The molecule has 14 heavy (non-hydrogen) atoms. The Kier molecular flexibility index (Phi) is 5.23. The van der Waals surface area contributed by atoms with Gasteiger partial charge in [-0.25, -0.2) is 0 Å². The summed E-state index contributed by atoms with van der Waals surface area (Å²) in [5.41, 5.74) is 5.94. The Morgan fingerprint density at radius 1 is 1.57 bits per heavy atom. The minimum atomic E-state index is 0.235. The highest BCUT2D eigenvalue weighted by Crippen LogP contribution is 2.14. The summed E-state index contributed by atoms with van der Waals surface area (Å²) in [5, 5.41) is 0. The Bertz CT molecular complexity index is 168. The van der Waals surface area contributed by atoms with Crippen LogP contribution in [0.15, 0.2) is 0 Å². The quantitative estimate of drug-likeness (QED) is 0.735. The molecule has 2 N–H and O–H groups in total. The molecule has 0 saturated carbocycles. The molecular weight excluding hydrogens is 196 g/mol. The standard InChI is InChI=1S/C10H22N2OS/c1-8(7-14-3)12(2)4-9-5-13-6-10(9)11/h8-10H,4-7,11H2,1-3H3. The minimum Gasteiger partial charge on any atom is -0.379 e. The third-order valence-electron chi connectivity index (χ3n) is 2.93. The molecular formula is C10H22N2OS. The van der Waals surface area contributed by atoms with E-state index in [1.165, 1.54) is 5.75 Å². The summed E-state index contributed by atoms with van der Waals surface area (Å²) >= 11 is 1.89. The first-order valence-electron chi connectivity index (χ1n) is 5.17. The molecule has 0 aromatic carbocycles. The minimum absolute atomic E-state index is 0.235. The smallest absolute Gasteiger partial charge is 0.0621 e. The Balaban J connectivity index is 2.28. The topological polar surface area (TPSA) is 38.5 Å². The van der Waals surface area contributed by atoms with Crippen LogP contribution in [-0.2, 0) is 4.74 Å². The van der Waals surface area contributed by atoms with Crippen molar-refractivity contribution < 1.29 is 4.74 Å². The zero-order chi connectivity index (χ0) is 10.6. The van der Waals surface area contributed by atoms with Gasteiger partial charge in [-0.1, -0.05) is 0 Å². The van der Waals surface area contributed by atoms with Crippen LogP contribution in [0.1, 0.15) is 6.92 Å². The number of rotatable bonds is 5. The molecule has 0 amide bonds. The predicted molar refractivity (Wildman–Crippen MR) is 62.8 cm³/mol. The van der Waals surface area contributed by atoms with Crippen LogP contribution in [0.2, 0.25) is 0 Å². The van der Waals surface area contributed by atoms with E-state index in [-0.39, 0.29) is 6.04 Å². The molecule has 0 aromatic rings. The van der Waals surface area contributed by atoms with Crippen molar-refractivity contribution in [1.29, 1.82) is 0 Å². The van der Waals surface area contributed by atoms with Crippen LogP contribution in [-0.4, -0.2) is 55.8 Å². The van der Waals surface area contributed by atoms with Crippen molar-refractivity contribution in [3.05, 3.63) is 0 Å². The lowest BCUT2D eigenvalue weighted by molar-refractivity contribution is 0.167. The molecule has 3 nitrogen and oxygen atoms in total. The van der Waals surface area contributed by atoms with Gasteiger partial charge in [0.2, 0.25) is 0 Å². The fraction of sp³-hybridized carbons (Fsp3) is 1.00. The van der Waals surface area contributed by atoms with Crippen molar-refractivity contribution in [1.82, 2.24) is 4.90 Å². The van der Waals surface area contributed by atoms with E-state index in [0.717, 1.165) is 19.8 Å². The van der Waals surface area contributed by atoms with E-state index in [9.17, 15) is 0 Å². The molecule has 1 heterocycles. The van der Waals surface area contributed by atoms with E-state index in [4.69, 9.17) is 10.5 Å².